The van der Waals surface area contributed by atoms with Gasteiger partial charge >= 0.3 is 10.4 Å². The largest absolute Gasteiger partial charge is 0.449 e. The molecule has 0 aliphatic heterocycles. The average Bonchev–Trinajstić information content (AvgIpc) is 2.79. The van der Waals surface area contributed by atoms with Crippen LogP contribution in [0.15, 0.2) is 48.5 Å². The van der Waals surface area contributed by atoms with Crippen molar-refractivity contribution in [3.8, 4) is 5.75 Å². The van der Waals surface area contributed by atoms with Gasteiger partial charge in [-0.05, 0) is 55.2 Å². The summed E-state index contributed by atoms with van der Waals surface area (Å²) in [5, 5.41) is 17.9. The predicted octanol–water partition coefficient (Wildman–Crippen LogP) is 3.87. The van der Waals surface area contributed by atoms with Crippen molar-refractivity contribution < 1.29 is 27.0 Å². The van der Waals surface area contributed by atoms with E-state index in [-0.39, 0.29) is 25.6 Å². The topological polar surface area (TPSA) is 96.3 Å². The molecule has 176 valence electrons. The highest BCUT2D eigenvalue weighted by Gasteiger charge is 2.13. The van der Waals surface area contributed by atoms with E-state index in [4.69, 9.17) is 18.6 Å². The molecule has 0 saturated carbocycles. The molecule has 0 heterocycles. The van der Waals surface area contributed by atoms with Gasteiger partial charge in [-0.2, -0.15) is 8.42 Å². The second-order valence-electron chi connectivity index (χ2n) is 7.25. The highest BCUT2D eigenvalue weighted by Crippen LogP contribution is 2.19. The van der Waals surface area contributed by atoms with Crippen molar-refractivity contribution in [3.63, 3.8) is 0 Å². The molecule has 8 heteroatoms. The molecule has 0 aromatic heterocycles. The Morgan fingerprint density at radius 1 is 0.844 bits per heavy atom. The van der Waals surface area contributed by atoms with Crippen LogP contribution in [0.1, 0.15) is 43.7 Å². The van der Waals surface area contributed by atoms with E-state index in [2.05, 4.69) is 11.8 Å². The van der Waals surface area contributed by atoms with Gasteiger partial charge in [0, 0.05) is 25.4 Å². The van der Waals surface area contributed by atoms with Crippen molar-refractivity contribution in [1.82, 2.24) is 0 Å². The van der Waals surface area contributed by atoms with E-state index in [1.165, 1.54) is 0 Å². The molecule has 0 aliphatic carbocycles. The Bertz CT molecular complexity index is 911. The van der Waals surface area contributed by atoms with Crippen LogP contribution in [0.25, 0.3) is 12.2 Å². The van der Waals surface area contributed by atoms with Gasteiger partial charge in [-0.3, -0.25) is 0 Å². The molecule has 0 spiro atoms. The van der Waals surface area contributed by atoms with Crippen LogP contribution in [0, 0.1) is 0 Å². The number of anilines is 1. The Morgan fingerprint density at radius 3 is 2.00 bits per heavy atom. The lowest BCUT2D eigenvalue weighted by atomic mass is 10.1. The van der Waals surface area contributed by atoms with Gasteiger partial charge in [-0.25, -0.2) is 4.18 Å². The lowest BCUT2D eigenvalue weighted by molar-refractivity contribution is 0.257. The Hall–Kier alpha value is -2.39. The van der Waals surface area contributed by atoms with Crippen LogP contribution in [0.2, 0.25) is 0 Å². The molecule has 0 atom stereocenters. The van der Waals surface area contributed by atoms with Gasteiger partial charge in [0.2, 0.25) is 0 Å². The minimum absolute atomic E-state index is 0.0589. The molecule has 0 radical (unpaired) electrons. The molecule has 7 nitrogen and oxygen atoms in total. The molecule has 0 amide bonds. The summed E-state index contributed by atoms with van der Waals surface area (Å²) in [5.41, 5.74) is 3.00. The van der Waals surface area contributed by atoms with Gasteiger partial charge in [0.1, 0.15) is 5.75 Å². The van der Waals surface area contributed by atoms with E-state index in [0.717, 1.165) is 36.2 Å². The summed E-state index contributed by atoms with van der Waals surface area (Å²) >= 11 is 0. The van der Waals surface area contributed by atoms with Crippen molar-refractivity contribution in [3.05, 3.63) is 59.7 Å². The first-order chi connectivity index (χ1) is 15.5. The zero-order valence-corrected chi connectivity index (χ0v) is 19.3. The van der Waals surface area contributed by atoms with Crippen molar-refractivity contribution in [2.75, 3.05) is 37.8 Å². The van der Waals surface area contributed by atoms with Crippen LogP contribution in [-0.4, -0.2) is 51.5 Å². The Labute approximate surface area is 191 Å². The maximum absolute atomic E-state index is 11.9. The monoisotopic (exact) mass is 463 g/mol. The number of aliphatic hydroxyl groups is 2. The Kier molecular flexibility index (Phi) is 11.2. The van der Waals surface area contributed by atoms with Crippen LogP contribution in [-0.2, 0) is 14.6 Å². The lowest BCUT2D eigenvalue weighted by Gasteiger charge is -2.21. The molecule has 0 aliphatic rings. The zero-order valence-electron chi connectivity index (χ0n) is 18.5. The number of unbranched alkanes of at least 4 members (excludes halogenated alkanes) is 3. The lowest BCUT2D eigenvalue weighted by Crippen LogP contribution is -2.25. The quantitative estimate of drug-likeness (QED) is 0.306. The fraction of sp³-hybridized carbons (Fsp3) is 0.417. The Morgan fingerprint density at radius 2 is 1.44 bits per heavy atom. The molecular weight excluding hydrogens is 430 g/mol. The molecule has 2 rings (SSSR count). The van der Waals surface area contributed by atoms with Crippen molar-refractivity contribution in [2.24, 2.45) is 0 Å². The maximum Gasteiger partial charge on any atom is 0.449 e. The fourth-order valence-electron chi connectivity index (χ4n) is 3.08. The third-order valence-electron chi connectivity index (χ3n) is 4.84. The molecule has 0 saturated heterocycles. The summed E-state index contributed by atoms with van der Waals surface area (Å²) in [6.07, 6.45) is 6.82. The van der Waals surface area contributed by atoms with E-state index in [1.807, 2.05) is 36.4 Å². The molecule has 2 N–H and O–H groups in total. The van der Waals surface area contributed by atoms with E-state index in [1.54, 1.807) is 24.3 Å². The smallest absolute Gasteiger partial charge is 0.396 e. The minimum Gasteiger partial charge on any atom is -0.396 e. The maximum atomic E-state index is 11.9. The third-order valence-corrected chi connectivity index (χ3v) is 5.69. The number of aliphatic hydroxyl groups excluding tert-OH is 2. The van der Waals surface area contributed by atoms with Gasteiger partial charge in [-0.1, -0.05) is 49.3 Å². The normalized spacial score (nSPS) is 11.7. The standard InChI is InChI=1S/C24H33NO6S/c1-2-25(17-19-27)23-13-9-21(10-14-23)7-8-22-11-15-24(16-12-22)31-32(28,29)30-20-6-4-3-5-18-26/h7-16,26-27H,2-6,17-20H2,1H3. The van der Waals surface area contributed by atoms with Crippen LogP contribution in [0.5, 0.6) is 5.75 Å². The van der Waals surface area contributed by atoms with Crippen LogP contribution >= 0.6 is 0 Å². The van der Waals surface area contributed by atoms with E-state index >= 15 is 0 Å². The number of benzene rings is 2. The number of rotatable bonds is 15. The molecule has 0 unspecified atom stereocenters. The third kappa shape index (κ3) is 9.40. The molecule has 0 bridgehead atoms. The van der Waals surface area contributed by atoms with Gasteiger partial charge in [-0.15, -0.1) is 0 Å². The van der Waals surface area contributed by atoms with Gasteiger partial charge in [0.15, 0.2) is 0 Å². The second-order valence-corrected chi connectivity index (χ2v) is 8.47. The predicted molar refractivity (Wildman–Crippen MR) is 128 cm³/mol. The number of hydrogen-bond donors (Lipinski definition) is 2. The van der Waals surface area contributed by atoms with Crippen molar-refractivity contribution in [2.45, 2.75) is 32.6 Å². The number of nitrogens with zero attached hydrogens (tertiary/aromatic N) is 1. The van der Waals surface area contributed by atoms with Crippen LogP contribution < -0.4 is 9.08 Å². The van der Waals surface area contributed by atoms with Crippen LogP contribution in [0.3, 0.4) is 0 Å². The first-order valence-corrected chi connectivity index (χ1v) is 12.2. The molecule has 32 heavy (non-hydrogen) atoms. The van der Waals surface area contributed by atoms with Crippen molar-refractivity contribution >= 4 is 28.2 Å². The van der Waals surface area contributed by atoms with Crippen LogP contribution in [0.4, 0.5) is 5.69 Å². The first-order valence-electron chi connectivity index (χ1n) is 10.9. The molecule has 0 fully saturated rings. The number of hydrogen-bond acceptors (Lipinski definition) is 7. The zero-order chi connectivity index (χ0) is 23.2. The first kappa shape index (κ1) is 25.9. The summed E-state index contributed by atoms with van der Waals surface area (Å²) in [6.45, 7) is 3.80. The van der Waals surface area contributed by atoms with Gasteiger partial charge in [0.25, 0.3) is 0 Å². The molecule has 2 aromatic rings. The van der Waals surface area contributed by atoms with Gasteiger partial charge in [0.05, 0.1) is 13.2 Å². The van der Waals surface area contributed by atoms with E-state index in [9.17, 15) is 8.42 Å². The molecule has 2 aromatic carbocycles. The highest BCUT2D eigenvalue weighted by atomic mass is 32.3. The SMILES string of the molecule is CCN(CCO)c1ccc(C=Cc2ccc(OS(=O)(=O)OCCCCCCO)cc2)cc1. The highest BCUT2D eigenvalue weighted by molar-refractivity contribution is 7.82. The summed E-state index contributed by atoms with van der Waals surface area (Å²) in [6, 6.07) is 14.8. The fourth-order valence-corrected chi connectivity index (χ4v) is 3.80. The van der Waals surface area contributed by atoms with Gasteiger partial charge < -0.3 is 19.3 Å². The second kappa shape index (κ2) is 13.9. The summed E-state index contributed by atoms with van der Waals surface area (Å²) in [4.78, 5) is 2.10. The summed E-state index contributed by atoms with van der Waals surface area (Å²) in [5.74, 6) is 0.190. The average molecular weight is 464 g/mol. The Balaban J connectivity index is 1.86. The van der Waals surface area contributed by atoms with E-state index in [0.29, 0.717) is 19.4 Å². The summed E-state index contributed by atoms with van der Waals surface area (Å²) in [7, 11) is -4.10. The van der Waals surface area contributed by atoms with Crippen molar-refractivity contribution in [1.29, 1.82) is 0 Å². The number of likely N-dealkylation sites (N-methyl/N-ethyl adjacent to an activating group) is 1. The minimum atomic E-state index is -4.10. The molecular formula is C24H33NO6S. The summed E-state index contributed by atoms with van der Waals surface area (Å²) < 4.78 is 33.6. The van der Waals surface area contributed by atoms with E-state index < -0.39 is 10.4 Å².